The molecular weight excluding hydrogens is 314 g/mol. The minimum Gasteiger partial charge on any atom is -0.352 e. The Kier molecular flexibility index (Phi) is 6.02. The third-order valence-electron chi connectivity index (χ3n) is 4.09. The van der Waals surface area contributed by atoms with E-state index in [2.05, 4.69) is 5.32 Å². The van der Waals surface area contributed by atoms with E-state index in [0.717, 1.165) is 18.4 Å². The average Bonchev–Trinajstić information content (AvgIpc) is 3.29. The zero-order chi connectivity index (χ0) is 17.0. The van der Waals surface area contributed by atoms with E-state index in [0.29, 0.717) is 11.1 Å². The molecule has 5 nitrogen and oxygen atoms in total. The van der Waals surface area contributed by atoms with Crippen LogP contribution in [0.4, 0.5) is 0 Å². The Bertz CT molecular complexity index is 557. The summed E-state index contributed by atoms with van der Waals surface area (Å²) in [7, 11) is 3.56. The first-order valence-corrected chi connectivity index (χ1v) is 8.23. The number of rotatable bonds is 7. The van der Waals surface area contributed by atoms with Gasteiger partial charge in [0.1, 0.15) is 0 Å². The molecule has 2 amide bonds. The normalized spacial score (nSPS) is 15.3. The van der Waals surface area contributed by atoms with Crippen LogP contribution in [0.25, 0.3) is 0 Å². The molecule has 0 heterocycles. The Hall–Kier alpha value is -1.59. The van der Waals surface area contributed by atoms with Crippen LogP contribution in [0.5, 0.6) is 0 Å². The van der Waals surface area contributed by atoms with Gasteiger partial charge in [-0.15, -0.1) is 0 Å². The van der Waals surface area contributed by atoms with Crippen LogP contribution < -0.4 is 5.32 Å². The van der Waals surface area contributed by atoms with Crippen LogP contribution in [0.2, 0.25) is 5.02 Å². The highest BCUT2D eigenvalue weighted by molar-refractivity contribution is 6.30. The Labute approximate surface area is 142 Å². The monoisotopic (exact) mass is 337 g/mol. The number of likely N-dealkylation sites (N-methyl/N-ethyl adjacent to an activating group) is 2. The topological polar surface area (TPSA) is 52.7 Å². The number of amides is 2. The minimum atomic E-state index is -0.0477. The van der Waals surface area contributed by atoms with E-state index >= 15 is 0 Å². The standard InChI is InChI=1S/C17H24ClN3O2/c1-12(13-4-6-14(18)7-5-13)21(3)17(23)11-20(2)10-16(22)19-15-8-9-15/h4-7,12,15H,8-11H2,1-3H3,(H,19,22). The Morgan fingerprint density at radius 3 is 2.39 bits per heavy atom. The molecule has 0 bridgehead atoms. The number of carbonyl (C=O) groups excluding carboxylic acids is 2. The van der Waals surface area contributed by atoms with Gasteiger partial charge in [0.2, 0.25) is 11.8 Å². The molecule has 0 spiro atoms. The van der Waals surface area contributed by atoms with Crippen LogP contribution in [0.15, 0.2) is 24.3 Å². The molecule has 126 valence electrons. The SMILES string of the molecule is CC(c1ccc(Cl)cc1)N(C)C(=O)CN(C)CC(=O)NC1CC1. The van der Waals surface area contributed by atoms with E-state index in [9.17, 15) is 9.59 Å². The number of hydrogen-bond donors (Lipinski definition) is 1. The van der Waals surface area contributed by atoms with Gasteiger partial charge in [-0.3, -0.25) is 14.5 Å². The van der Waals surface area contributed by atoms with Crippen molar-refractivity contribution in [2.75, 3.05) is 27.2 Å². The van der Waals surface area contributed by atoms with Crippen molar-refractivity contribution in [2.24, 2.45) is 0 Å². The van der Waals surface area contributed by atoms with Gasteiger partial charge in [0.15, 0.2) is 0 Å². The zero-order valence-corrected chi connectivity index (χ0v) is 14.6. The number of nitrogens with zero attached hydrogens (tertiary/aromatic N) is 2. The van der Waals surface area contributed by atoms with Crippen molar-refractivity contribution in [3.05, 3.63) is 34.9 Å². The second-order valence-electron chi connectivity index (χ2n) is 6.25. The Morgan fingerprint density at radius 2 is 1.83 bits per heavy atom. The maximum atomic E-state index is 12.4. The first-order valence-electron chi connectivity index (χ1n) is 7.86. The quantitative estimate of drug-likeness (QED) is 0.828. The Balaban J connectivity index is 1.83. The Morgan fingerprint density at radius 1 is 1.22 bits per heavy atom. The number of carbonyl (C=O) groups is 2. The van der Waals surface area contributed by atoms with Crippen molar-refractivity contribution in [3.63, 3.8) is 0 Å². The lowest BCUT2D eigenvalue weighted by Crippen LogP contribution is -2.42. The fourth-order valence-electron chi connectivity index (χ4n) is 2.33. The predicted molar refractivity (Wildman–Crippen MR) is 91.3 cm³/mol. The van der Waals surface area contributed by atoms with Crippen LogP contribution in [0, 0.1) is 0 Å². The summed E-state index contributed by atoms with van der Waals surface area (Å²) in [4.78, 5) is 27.6. The third kappa shape index (κ3) is 5.52. The average molecular weight is 338 g/mol. The largest absolute Gasteiger partial charge is 0.352 e. The van der Waals surface area contributed by atoms with Crippen molar-refractivity contribution in [2.45, 2.75) is 31.8 Å². The number of halogens is 1. The molecule has 1 atom stereocenters. The van der Waals surface area contributed by atoms with Crippen LogP contribution >= 0.6 is 11.6 Å². The molecule has 1 saturated carbocycles. The second-order valence-corrected chi connectivity index (χ2v) is 6.68. The maximum Gasteiger partial charge on any atom is 0.236 e. The van der Waals surface area contributed by atoms with Crippen LogP contribution in [-0.2, 0) is 9.59 Å². The van der Waals surface area contributed by atoms with E-state index < -0.39 is 0 Å². The van der Waals surface area contributed by atoms with Gasteiger partial charge in [-0.1, -0.05) is 23.7 Å². The first-order chi connectivity index (χ1) is 10.9. The zero-order valence-electron chi connectivity index (χ0n) is 13.9. The molecule has 1 unspecified atom stereocenters. The molecule has 1 N–H and O–H groups in total. The summed E-state index contributed by atoms with van der Waals surface area (Å²) in [6.07, 6.45) is 2.13. The summed E-state index contributed by atoms with van der Waals surface area (Å²) in [5.74, 6) is -0.0367. The van der Waals surface area contributed by atoms with Gasteiger partial charge in [-0.2, -0.15) is 0 Å². The minimum absolute atomic E-state index is 0.0174. The molecule has 1 aliphatic rings. The summed E-state index contributed by atoms with van der Waals surface area (Å²) < 4.78 is 0. The van der Waals surface area contributed by atoms with Gasteiger partial charge in [0.25, 0.3) is 0 Å². The fraction of sp³-hybridized carbons (Fsp3) is 0.529. The lowest BCUT2D eigenvalue weighted by atomic mass is 10.1. The van der Waals surface area contributed by atoms with Crippen LogP contribution in [0.1, 0.15) is 31.4 Å². The molecule has 23 heavy (non-hydrogen) atoms. The first kappa shape index (κ1) is 17.8. The highest BCUT2D eigenvalue weighted by Crippen LogP contribution is 2.21. The molecule has 1 aromatic carbocycles. The van der Waals surface area contributed by atoms with Gasteiger partial charge >= 0.3 is 0 Å². The van der Waals surface area contributed by atoms with Gasteiger partial charge in [0.05, 0.1) is 19.1 Å². The van der Waals surface area contributed by atoms with Gasteiger partial charge in [-0.05, 0) is 44.5 Å². The lowest BCUT2D eigenvalue weighted by Gasteiger charge is -2.27. The van der Waals surface area contributed by atoms with Crippen molar-refractivity contribution in [1.82, 2.24) is 15.1 Å². The summed E-state index contributed by atoms with van der Waals surface area (Å²) in [5.41, 5.74) is 1.03. The fourth-order valence-corrected chi connectivity index (χ4v) is 2.45. The molecular formula is C17H24ClN3O2. The van der Waals surface area contributed by atoms with Crippen molar-refractivity contribution in [3.8, 4) is 0 Å². The van der Waals surface area contributed by atoms with E-state index in [1.165, 1.54) is 0 Å². The molecule has 1 aliphatic carbocycles. The molecule has 0 radical (unpaired) electrons. The van der Waals surface area contributed by atoms with Crippen LogP contribution in [0.3, 0.4) is 0 Å². The summed E-state index contributed by atoms with van der Waals surface area (Å²) >= 11 is 5.89. The maximum absolute atomic E-state index is 12.4. The third-order valence-corrected chi connectivity index (χ3v) is 4.34. The lowest BCUT2D eigenvalue weighted by molar-refractivity contribution is -0.133. The molecule has 0 aromatic heterocycles. The number of hydrogen-bond acceptors (Lipinski definition) is 3. The smallest absolute Gasteiger partial charge is 0.236 e. The summed E-state index contributed by atoms with van der Waals surface area (Å²) in [5, 5.41) is 3.60. The van der Waals surface area contributed by atoms with E-state index in [-0.39, 0.29) is 30.9 Å². The summed E-state index contributed by atoms with van der Waals surface area (Å²) in [6.45, 7) is 2.43. The molecule has 1 aromatic rings. The number of benzene rings is 1. The molecule has 0 aliphatic heterocycles. The van der Waals surface area contributed by atoms with Crippen molar-refractivity contribution in [1.29, 1.82) is 0 Å². The van der Waals surface area contributed by atoms with Crippen molar-refractivity contribution < 1.29 is 9.59 Å². The molecule has 1 fully saturated rings. The second kappa shape index (κ2) is 7.79. The number of nitrogens with one attached hydrogen (secondary N) is 1. The molecule has 6 heteroatoms. The highest BCUT2D eigenvalue weighted by Gasteiger charge is 2.24. The van der Waals surface area contributed by atoms with Crippen molar-refractivity contribution >= 4 is 23.4 Å². The van der Waals surface area contributed by atoms with E-state index in [1.54, 1.807) is 23.9 Å². The summed E-state index contributed by atoms with van der Waals surface area (Å²) in [6, 6.07) is 7.78. The molecule has 2 rings (SSSR count). The van der Waals surface area contributed by atoms with Gasteiger partial charge in [-0.25, -0.2) is 0 Å². The van der Waals surface area contributed by atoms with E-state index in [1.807, 2.05) is 31.2 Å². The van der Waals surface area contributed by atoms with Crippen LogP contribution in [-0.4, -0.2) is 54.8 Å². The van der Waals surface area contributed by atoms with Gasteiger partial charge < -0.3 is 10.2 Å². The van der Waals surface area contributed by atoms with E-state index in [4.69, 9.17) is 11.6 Å². The highest BCUT2D eigenvalue weighted by atomic mass is 35.5. The predicted octanol–water partition coefficient (Wildman–Crippen LogP) is 2.07. The van der Waals surface area contributed by atoms with Gasteiger partial charge in [0, 0.05) is 18.1 Å². The molecule has 0 saturated heterocycles.